The van der Waals surface area contributed by atoms with Crippen molar-refractivity contribution >= 4 is 35.0 Å². The Hall–Kier alpha value is -1.26. The number of rotatable bonds is 3. The maximum atomic E-state index is 12.6. The Balaban J connectivity index is 1.53. The summed E-state index contributed by atoms with van der Waals surface area (Å²) >= 11 is 11.9. The summed E-state index contributed by atoms with van der Waals surface area (Å²) in [6.07, 6.45) is 4.70. The molecule has 2 fully saturated rings. The minimum Gasteiger partial charge on any atom is -0.342 e. The van der Waals surface area contributed by atoms with E-state index in [1.807, 2.05) is 9.80 Å². The summed E-state index contributed by atoms with van der Waals surface area (Å²) in [6, 6.07) is 5.01. The number of hydrogen-bond donors (Lipinski definition) is 0. The number of nitrogens with zero attached hydrogens (tertiary/aromatic N) is 2. The van der Waals surface area contributed by atoms with E-state index in [-0.39, 0.29) is 11.8 Å². The standard InChI is InChI=1S/C18H22Cl2N2O2/c19-15-5-4-14(11-16(15)20)18(24)21-9-6-13(7-10-21)12-22-8-2-1-3-17(22)23/h4-5,11,13H,1-3,6-10,12H2. The van der Waals surface area contributed by atoms with Gasteiger partial charge in [0.15, 0.2) is 0 Å². The van der Waals surface area contributed by atoms with Crippen LogP contribution in [0.2, 0.25) is 10.0 Å². The van der Waals surface area contributed by atoms with Crippen LogP contribution in [0.15, 0.2) is 18.2 Å². The van der Waals surface area contributed by atoms with E-state index in [1.165, 1.54) is 0 Å². The monoisotopic (exact) mass is 368 g/mol. The number of piperidine rings is 2. The number of carbonyl (C=O) groups is 2. The lowest BCUT2D eigenvalue weighted by Gasteiger charge is -2.36. The van der Waals surface area contributed by atoms with Crippen LogP contribution in [0.1, 0.15) is 42.5 Å². The van der Waals surface area contributed by atoms with Gasteiger partial charge >= 0.3 is 0 Å². The molecule has 0 bridgehead atoms. The van der Waals surface area contributed by atoms with Crippen molar-refractivity contribution in [3.05, 3.63) is 33.8 Å². The SMILES string of the molecule is O=C1CCCCN1CC1CCN(C(=O)c2ccc(Cl)c(Cl)c2)CC1. The molecule has 0 atom stereocenters. The van der Waals surface area contributed by atoms with Crippen molar-refractivity contribution in [3.8, 4) is 0 Å². The van der Waals surface area contributed by atoms with Crippen LogP contribution in [-0.2, 0) is 4.79 Å². The molecule has 1 aromatic rings. The normalized spacial score (nSPS) is 19.7. The smallest absolute Gasteiger partial charge is 0.253 e. The van der Waals surface area contributed by atoms with Crippen LogP contribution in [0.5, 0.6) is 0 Å². The minimum atomic E-state index is 0.000987. The molecule has 2 aliphatic heterocycles. The highest BCUT2D eigenvalue weighted by Crippen LogP contribution is 2.25. The molecule has 0 spiro atoms. The van der Waals surface area contributed by atoms with Crippen LogP contribution in [0.25, 0.3) is 0 Å². The highest BCUT2D eigenvalue weighted by Gasteiger charge is 2.27. The molecule has 130 valence electrons. The van der Waals surface area contributed by atoms with Crippen molar-refractivity contribution in [1.29, 1.82) is 0 Å². The van der Waals surface area contributed by atoms with Crippen LogP contribution in [0.3, 0.4) is 0 Å². The Kier molecular flexibility index (Phi) is 5.67. The summed E-state index contributed by atoms with van der Waals surface area (Å²) in [5.74, 6) is 0.779. The number of hydrogen-bond acceptors (Lipinski definition) is 2. The lowest BCUT2D eigenvalue weighted by molar-refractivity contribution is -0.134. The number of benzene rings is 1. The molecule has 0 N–H and O–H groups in total. The highest BCUT2D eigenvalue weighted by atomic mass is 35.5. The first-order valence-corrected chi connectivity index (χ1v) is 9.32. The maximum absolute atomic E-state index is 12.6. The van der Waals surface area contributed by atoms with Crippen LogP contribution in [0, 0.1) is 5.92 Å². The molecule has 0 unspecified atom stereocenters. The van der Waals surface area contributed by atoms with E-state index in [4.69, 9.17) is 23.2 Å². The van der Waals surface area contributed by atoms with Crippen molar-refractivity contribution in [2.45, 2.75) is 32.1 Å². The number of likely N-dealkylation sites (tertiary alicyclic amines) is 2. The Bertz CT molecular complexity index is 627. The first kappa shape index (κ1) is 17.6. The van der Waals surface area contributed by atoms with Gasteiger partial charge in [0.25, 0.3) is 5.91 Å². The Morgan fingerprint density at radius 2 is 1.83 bits per heavy atom. The van der Waals surface area contributed by atoms with Crippen LogP contribution >= 0.6 is 23.2 Å². The summed E-state index contributed by atoms with van der Waals surface area (Å²) in [4.78, 5) is 28.4. The van der Waals surface area contributed by atoms with Crippen molar-refractivity contribution in [1.82, 2.24) is 9.80 Å². The van der Waals surface area contributed by atoms with Gasteiger partial charge in [0.2, 0.25) is 5.91 Å². The molecular weight excluding hydrogens is 347 g/mol. The number of halogens is 2. The average Bonchev–Trinajstić information content (AvgIpc) is 2.59. The highest BCUT2D eigenvalue weighted by molar-refractivity contribution is 6.42. The molecule has 2 amide bonds. The van der Waals surface area contributed by atoms with Crippen LogP contribution < -0.4 is 0 Å². The summed E-state index contributed by atoms with van der Waals surface area (Å²) in [5.41, 5.74) is 0.578. The van der Waals surface area contributed by atoms with Crippen LogP contribution in [0.4, 0.5) is 0 Å². The second-order valence-electron chi connectivity index (χ2n) is 6.66. The maximum Gasteiger partial charge on any atom is 0.253 e. The molecule has 4 nitrogen and oxygen atoms in total. The average molecular weight is 369 g/mol. The largest absolute Gasteiger partial charge is 0.342 e. The molecule has 0 aliphatic carbocycles. The third-order valence-corrected chi connectivity index (χ3v) is 5.71. The number of amides is 2. The molecular formula is C18H22Cl2N2O2. The second-order valence-corrected chi connectivity index (χ2v) is 7.48. The predicted molar refractivity (Wildman–Crippen MR) is 95.5 cm³/mol. The van der Waals surface area contributed by atoms with Gasteiger partial charge < -0.3 is 9.80 Å². The van der Waals surface area contributed by atoms with Gasteiger partial charge in [-0.1, -0.05) is 23.2 Å². The van der Waals surface area contributed by atoms with E-state index in [0.717, 1.165) is 51.9 Å². The van der Waals surface area contributed by atoms with Gasteiger partial charge in [0.1, 0.15) is 0 Å². The fourth-order valence-corrected chi connectivity index (χ4v) is 3.79. The molecule has 0 radical (unpaired) electrons. The molecule has 24 heavy (non-hydrogen) atoms. The van der Waals surface area contributed by atoms with Gasteiger partial charge in [-0.3, -0.25) is 9.59 Å². The Labute approximate surface area is 152 Å². The molecule has 1 aromatic carbocycles. The zero-order valence-electron chi connectivity index (χ0n) is 13.6. The molecule has 2 aliphatic rings. The van der Waals surface area contributed by atoms with E-state index in [0.29, 0.717) is 27.9 Å². The molecule has 2 saturated heterocycles. The quantitative estimate of drug-likeness (QED) is 0.812. The van der Waals surface area contributed by atoms with E-state index in [2.05, 4.69) is 0 Å². The Morgan fingerprint density at radius 1 is 1.08 bits per heavy atom. The summed E-state index contributed by atoms with van der Waals surface area (Å²) < 4.78 is 0. The first-order valence-electron chi connectivity index (χ1n) is 8.56. The molecule has 3 rings (SSSR count). The van der Waals surface area contributed by atoms with Gasteiger partial charge in [-0.05, 0) is 49.8 Å². The summed E-state index contributed by atoms with van der Waals surface area (Å²) in [5, 5.41) is 0.860. The topological polar surface area (TPSA) is 40.6 Å². The minimum absolute atomic E-state index is 0.000987. The van der Waals surface area contributed by atoms with E-state index in [9.17, 15) is 9.59 Å². The lowest BCUT2D eigenvalue weighted by Crippen LogP contribution is -2.44. The molecule has 0 saturated carbocycles. The zero-order chi connectivity index (χ0) is 17.1. The van der Waals surface area contributed by atoms with Crippen molar-refractivity contribution in [2.24, 2.45) is 5.92 Å². The first-order chi connectivity index (χ1) is 11.5. The second kappa shape index (κ2) is 7.75. The van der Waals surface area contributed by atoms with Gasteiger partial charge in [-0.15, -0.1) is 0 Å². The summed E-state index contributed by atoms with van der Waals surface area (Å²) in [6.45, 7) is 3.19. The van der Waals surface area contributed by atoms with Gasteiger partial charge in [-0.25, -0.2) is 0 Å². The van der Waals surface area contributed by atoms with E-state index >= 15 is 0 Å². The molecule has 2 heterocycles. The zero-order valence-corrected chi connectivity index (χ0v) is 15.2. The van der Waals surface area contributed by atoms with E-state index in [1.54, 1.807) is 18.2 Å². The van der Waals surface area contributed by atoms with Crippen LogP contribution in [-0.4, -0.2) is 47.8 Å². The lowest BCUT2D eigenvalue weighted by atomic mass is 9.94. The molecule has 0 aromatic heterocycles. The Morgan fingerprint density at radius 3 is 2.50 bits per heavy atom. The summed E-state index contributed by atoms with van der Waals surface area (Å²) in [7, 11) is 0. The fraction of sp³-hybridized carbons (Fsp3) is 0.556. The number of carbonyl (C=O) groups excluding carboxylic acids is 2. The van der Waals surface area contributed by atoms with E-state index < -0.39 is 0 Å². The van der Waals surface area contributed by atoms with Crippen molar-refractivity contribution in [2.75, 3.05) is 26.2 Å². The third-order valence-electron chi connectivity index (χ3n) is 4.97. The van der Waals surface area contributed by atoms with Gasteiger partial charge in [-0.2, -0.15) is 0 Å². The molecule has 6 heteroatoms. The predicted octanol–water partition coefficient (Wildman–Crippen LogP) is 3.86. The fourth-order valence-electron chi connectivity index (χ4n) is 3.50. The van der Waals surface area contributed by atoms with Crippen molar-refractivity contribution < 1.29 is 9.59 Å². The third kappa shape index (κ3) is 4.04. The van der Waals surface area contributed by atoms with Crippen molar-refractivity contribution in [3.63, 3.8) is 0 Å². The van der Waals surface area contributed by atoms with Gasteiger partial charge in [0, 0.05) is 38.2 Å². The van der Waals surface area contributed by atoms with Gasteiger partial charge in [0.05, 0.1) is 10.0 Å².